The Morgan fingerprint density at radius 3 is 2.81 bits per heavy atom. The summed E-state index contributed by atoms with van der Waals surface area (Å²) in [6.07, 6.45) is 3.93. The zero-order chi connectivity index (χ0) is 22.1. The summed E-state index contributed by atoms with van der Waals surface area (Å²) in [6, 6.07) is 14.9. The molecule has 3 amide bonds. The molecule has 3 aromatic rings. The summed E-state index contributed by atoms with van der Waals surface area (Å²) in [5.41, 5.74) is 3.61. The molecule has 5 rings (SSSR count). The highest BCUT2D eigenvalue weighted by Crippen LogP contribution is 2.30. The van der Waals surface area contributed by atoms with Crippen molar-refractivity contribution in [3.05, 3.63) is 71.4 Å². The van der Waals surface area contributed by atoms with Crippen LogP contribution in [0.3, 0.4) is 0 Å². The van der Waals surface area contributed by atoms with E-state index in [1.54, 1.807) is 11.1 Å². The van der Waals surface area contributed by atoms with Crippen LogP contribution in [0.4, 0.5) is 0 Å². The van der Waals surface area contributed by atoms with Gasteiger partial charge in [0, 0.05) is 30.1 Å². The highest BCUT2D eigenvalue weighted by Gasteiger charge is 2.39. The highest BCUT2D eigenvalue weighted by atomic mass is 16.5. The summed E-state index contributed by atoms with van der Waals surface area (Å²) in [5.74, 6) is 0.00367. The van der Waals surface area contributed by atoms with Crippen LogP contribution < -0.4 is 10.1 Å². The van der Waals surface area contributed by atoms with Gasteiger partial charge >= 0.3 is 0 Å². The third kappa shape index (κ3) is 3.70. The van der Waals surface area contributed by atoms with Crippen LogP contribution in [0, 0.1) is 0 Å². The number of carbonyl (C=O) groups is 3. The predicted molar refractivity (Wildman–Crippen MR) is 118 cm³/mol. The number of ether oxygens (including phenoxy) is 1. The molecular formula is C25H23N3O4. The topological polar surface area (TPSA) is 88.6 Å². The number of hydrogen-bond donors (Lipinski definition) is 1. The fourth-order valence-corrected chi connectivity index (χ4v) is 4.52. The standard InChI is InChI=1S/C25H23N3O4/c29-23-11-10-21(24(30)27-23)28-15-19-16(5-3-8-17(19)25(28)31)6-4-14-32-22-12-13-26-20-9-2-1-7-18(20)22/h1-3,5,7-9,12-13,21H,4,6,10-11,14-15H2,(H,27,29,30). The largest absolute Gasteiger partial charge is 0.493 e. The Hall–Kier alpha value is -3.74. The van der Waals surface area contributed by atoms with Gasteiger partial charge in [-0.05, 0) is 54.7 Å². The Morgan fingerprint density at radius 1 is 1.06 bits per heavy atom. The van der Waals surface area contributed by atoms with Crippen molar-refractivity contribution >= 4 is 28.6 Å². The number of fused-ring (bicyclic) bond motifs is 2. The maximum Gasteiger partial charge on any atom is 0.255 e. The van der Waals surface area contributed by atoms with E-state index < -0.39 is 6.04 Å². The van der Waals surface area contributed by atoms with E-state index in [1.807, 2.05) is 48.5 Å². The molecule has 2 aliphatic rings. The molecule has 0 aliphatic carbocycles. The van der Waals surface area contributed by atoms with E-state index >= 15 is 0 Å². The number of amides is 3. The normalized spacial score (nSPS) is 18.1. The van der Waals surface area contributed by atoms with Crippen molar-refractivity contribution in [3.8, 4) is 5.75 Å². The smallest absolute Gasteiger partial charge is 0.255 e. The molecule has 0 saturated carbocycles. The summed E-state index contributed by atoms with van der Waals surface area (Å²) in [5, 5.41) is 3.33. The van der Waals surface area contributed by atoms with Crippen molar-refractivity contribution < 1.29 is 19.1 Å². The zero-order valence-electron chi connectivity index (χ0n) is 17.5. The number of hydrogen-bond acceptors (Lipinski definition) is 5. The molecule has 7 nitrogen and oxygen atoms in total. The number of rotatable bonds is 6. The molecule has 1 N–H and O–H groups in total. The molecule has 0 spiro atoms. The van der Waals surface area contributed by atoms with Gasteiger partial charge in [0.25, 0.3) is 5.91 Å². The minimum atomic E-state index is -0.594. The van der Waals surface area contributed by atoms with Crippen LogP contribution in [-0.2, 0) is 22.6 Å². The number of nitrogens with one attached hydrogen (secondary N) is 1. The second kappa shape index (κ2) is 8.42. The van der Waals surface area contributed by atoms with Gasteiger partial charge in [-0.1, -0.05) is 24.3 Å². The van der Waals surface area contributed by atoms with Gasteiger partial charge < -0.3 is 9.64 Å². The number of aromatic nitrogens is 1. The number of benzene rings is 2. The lowest BCUT2D eigenvalue weighted by atomic mass is 10.00. The van der Waals surface area contributed by atoms with E-state index in [2.05, 4.69) is 10.3 Å². The number of aryl methyl sites for hydroxylation is 1. The molecule has 162 valence electrons. The van der Waals surface area contributed by atoms with Gasteiger partial charge in [0.15, 0.2) is 0 Å². The molecule has 2 aliphatic heterocycles. The van der Waals surface area contributed by atoms with Crippen LogP contribution in [0.15, 0.2) is 54.7 Å². The first-order valence-corrected chi connectivity index (χ1v) is 10.8. The van der Waals surface area contributed by atoms with E-state index in [0.29, 0.717) is 25.1 Å². The average Bonchev–Trinajstić information content (AvgIpc) is 3.14. The minimum absolute atomic E-state index is 0.143. The number of carbonyl (C=O) groups excluding carboxylic acids is 3. The lowest BCUT2D eigenvalue weighted by molar-refractivity contribution is -0.136. The molecule has 2 aromatic carbocycles. The highest BCUT2D eigenvalue weighted by molar-refractivity contribution is 6.05. The van der Waals surface area contributed by atoms with Crippen molar-refractivity contribution in [1.29, 1.82) is 0 Å². The van der Waals surface area contributed by atoms with Crippen molar-refractivity contribution in [2.45, 2.75) is 38.3 Å². The van der Waals surface area contributed by atoms with E-state index in [4.69, 9.17) is 4.74 Å². The molecule has 0 radical (unpaired) electrons. The Labute approximate surface area is 185 Å². The number of pyridine rings is 1. The molecule has 1 saturated heterocycles. The van der Waals surface area contributed by atoms with Gasteiger partial charge in [0.2, 0.25) is 11.8 Å². The summed E-state index contributed by atoms with van der Waals surface area (Å²) < 4.78 is 6.02. The monoisotopic (exact) mass is 429 g/mol. The third-order valence-corrected chi connectivity index (χ3v) is 6.14. The molecule has 7 heteroatoms. The van der Waals surface area contributed by atoms with Crippen LogP contribution in [0.5, 0.6) is 5.75 Å². The van der Waals surface area contributed by atoms with Crippen LogP contribution in [-0.4, -0.2) is 40.3 Å². The van der Waals surface area contributed by atoms with E-state index in [0.717, 1.165) is 40.6 Å². The number of piperidine rings is 1. The van der Waals surface area contributed by atoms with E-state index in [1.165, 1.54) is 0 Å². The van der Waals surface area contributed by atoms with Gasteiger partial charge in [-0.2, -0.15) is 0 Å². The molecule has 32 heavy (non-hydrogen) atoms. The molecule has 1 fully saturated rings. The fraction of sp³-hybridized carbons (Fsp3) is 0.280. The lowest BCUT2D eigenvalue weighted by Crippen LogP contribution is -2.52. The second-order valence-electron chi connectivity index (χ2n) is 8.12. The predicted octanol–water partition coefficient (Wildman–Crippen LogP) is 3.01. The summed E-state index contributed by atoms with van der Waals surface area (Å²) in [6.45, 7) is 0.939. The summed E-state index contributed by atoms with van der Waals surface area (Å²) in [4.78, 5) is 42.6. The van der Waals surface area contributed by atoms with Crippen LogP contribution in [0.2, 0.25) is 0 Å². The van der Waals surface area contributed by atoms with Crippen molar-refractivity contribution in [3.63, 3.8) is 0 Å². The van der Waals surface area contributed by atoms with Crippen molar-refractivity contribution in [2.75, 3.05) is 6.61 Å². The fourth-order valence-electron chi connectivity index (χ4n) is 4.52. The molecular weight excluding hydrogens is 406 g/mol. The number of nitrogens with zero attached hydrogens (tertiary/aromatic N) is 2. The van der Waals surface area contributed by atoms with Crippen LogP contribution in [0.25, 0.3) is 10.9 Å². The number of imide groups is 1. The first kappa shape index (κ1) is 20.2. The first-order valence-electron chi connectivity index (χ1n) is 10.8. The van der Waals surface area contributed by atoms with Crippen LogP contribution in [0.1, 0.15) is 40.7 Å². The SMILES string of the molecule is O=C1CCC(N2Cc3c(CCCOc4ccnc5ccccc45)cccc3C2=O)C(=O)N1. The number of para-hydroxylation sites is 1. The Morgan fingerprint density at radius 2 is 1.94 bits per heavy atom. The Balaban J connectivity index is 1.25. The second-order valence-corrected chi connectivity index (χ2v) is 8.12. The average molecular weight is 429 g/mol. The summed E-state index contributed by atoms with van der Waals surface area (Å²) in [7, 11) is 0. The van der Waals surface area contributed by atoms with Gasteiger partial charge in [-0.25, -0.2) is 0 Å². The Bertz CT molecular complexity index is 1220. The Kier molecular flexibility index (Phi) is 5.31. The zero-order valence-corrected chi connectivity index (χ0v) is 17.5. The maximum atomic E-state index is 12.9. The molecule has 0 bridgehead atoms. The molecule has 1 unspecified atom stereocenters. The molecule has 1 atom stereocenters. The molecule has 1 aromatic heterocycles. The van der Waals surface area contributed by atoms with E-state index in [-0.39, 0.29) is 24.1 Å². The summed E-state index contributed by atoms with van der Waals surface area (Å²) >= 11 is 0. The van der Waals surface area contributed by atoms with Gasteiger partial charge in [-0.3, -0.25) is 24.7 Å². The maximum absolute atomic E-state index is 12.9. The quantitative estimate of drug-likeness (QED) is 0.481. The van der Waals surface area contributed by atoms with E-state index in [9.17, 15) is 14.4 Å². The van der Waals surface area contributed by atoms with Crippen molar-refractivity contribution in [2.24, 2.45) is 0 Å². The first-order chi connectivity index (χ1) is 15.6. The minimum Gasteiger partial charge on any atom is -0.493 e. The van der Waals surface area contributed by atoms with Gasteiger partial charge in [-0.15, -0.1) is 0 Å². The molecule has 3 heterocycles. The van der Waals surface area contributed by atoms with Crippen molar-refractivity contribution in [1.82, 2.24) is 15.2 Å². The van der Waals surface area contributed by atoms with Gasteiger partial charge in [0.1, 0.15) is 11.8 Å². The van der Waals surface area contributed by atoms with Crippen LogP contribution >= 0.6 is 0 Å². The van der Waals surface area contributed by atoms with Gasteiger partial charge in [0.05, 0.1) is 12.1 Å². The lowest BCUT2D eigenvalue weighted by Gasteiger charge is -2.29. The third-order valence-electron chi connectivity index (χ3n) is 6.14.